The van der Waals surface area contributed by atoms with Gasteiger partial charge >= 0.3 is 0 Å². The van der Waals surface area contributed by atoms with Crippen LogP contribution in [-0.4, -0.2) is 19.8 Å². The number of rotatable bonds is 4. The number of benzene rings is 1. The molecule has 1 unspecified atom stereocenters. The number of halogens is 2. The second kappa shape index (κ2) is 5.32. The van der Waals surface area contributed by atoms with Crippen LogP contribution in [0.3, 0.4) is 0 Å². The molecule has 0 saturated heterocycles. The Morgan fingerprint density at radius 1 is 1.60 bits per heavy atom. The zero-order valence-corrected chi connectivity index (χ0v) is 10.3. The monoisotopic (exact) mass is 276 g/mol. The lowest BCUT2D eigenvalue weighted by atomic mass is 10.2. The van der Waals surface area contributed by atoms with Gasteiger partial charge in [-0.2, -0.15) is 0 Å². The summed E-state index contributed by atoms with van der Waals surface area (Å²) in [5, 5.41) is 3.13. The molecule has 0 aliphatic rings. The predicted octanol–water partition coefficient (Wildman–Crippen LogP) is 2.62. The summed E-state index contributed by atoms with van der Waals surface area (Å²) in [4.78, 5) is 0. The molecule has 15 heavy (non-hydrogen) atoms. The smallest absolute Gasteiger partial charge is 0.139 e. The number of nitrogens with one attached hydrogen (secondary N) is 1. The zero-order chi connectivity index (χ0) is 11.4. The Bertz CT molecular complexity index is 346. The highest BCUT2D eigenvalue weighted by Crippen LogP contribution is 2.26. The van der Waals surface area contributed by atoms with E-state index < -0.39 is 0 Å². The van der Waals surface area contributed by atoms with E-state index in [1.165, 1.54) is 6.07 Å². The summed E-state index contributed by atoms with van der Waals surface area (Å²) in [6, 6.07) is 3.03. The van der Waals surface area contributed by atoms with Crippen molar-refractivity contribution in [1.82, 2.24) is 0 Å². The van der Waals surface area contributed by atoms with E-state index in [0.717, 1.165) is 0 Å². The molecule has 0 bridgehead atoms. The maximum Gasteiger partial charge on any atom is 0.139 e. The minimum Gasteiger partial charge on any atom is -0.397 e. The minimum absolute atomic E-state index is 0.120. The zero-order valence-electron chi connectivity index (χ0n) is 8.68. The standard InChI is InChI=1S/C10H14BrFN2O/c1-6(5-15-2)14-10-3-7(11)8(12)4-9(10)13/h3-4,6,14H,5,13H2,1-2H3. The molecule has 3 nitrogen and oxygen atoms in total. The van der Waals surface area contributed by atoms with Crippen molar-refractivity contribution in [1.29, 1.82) is 0 Å². The molecule has 0 radical (unpaired) electrons. The van der Waals surface area contributed by atoms with E-state index in [-0.39, 0.29) is 11.9 Å². The number of hydrogen-bond donors (Lipinski definition) is 2. The lowest BCUT2D eigenvalue weighted by molar-refractivity contribution is 0.190. The first kappa shape index (κ1) is 12.3. The Morgan fingerprint density at radius 3 is 2.87 bits per heavy atom. The quantitative estimate of drug-likeness (QED) is 0.832. The molecule has 0 aromatic heterocycles. The molecule has 0 heterocycles. The number of nitrogen functional groups attached to an aromatic ring is 1. The van der Waals surface area contributed by atoms with Crippen LogP contribution in [0.4, 0.5) is 15.8 Å². The van der Waals surface area contributed by atoms with Gasteiger partial charge in [-0.25, -0.2) is 4.39 Å². The van der Waals surface area contributed by atoms with Gasteiger partial charge in [0.15, 0.2) is 0 Å². The summed E-state index contributed by atoms with van der Waals surface area (Å²) >= 11 is 3.11. The van der Waals surface area contributed by atoms with Crippen LogP contribution in [0.1, 0.15) is 6.92 Å². The molecule has 0 spiro atoms. The Morgan fingerprint density at radius 2 is 2.27 bits per heavy atom. The van der Waals surface area contributed by atoms with E-state index in [0.29, 0.717) is 22.5 Å². The number of hydrogen-bond acceptors (Lipinski definition) is 3. The van der Waals surface area contributed by atoms with Crippen LogP contribution in [0.2, 0.25) is 0 Å². The molecule has 1 atom stereocenters. The van der Waals surface area contributed by atoms with Crippen molar-refractivity contribution in [3.63, 3.8) is 0 Å². The molecule has 0 amide bonds. The van der Waals surface area contributed by atoms with Crippen molar-refractivity contribution < 1.29 is 9.13 Å². The van der Waals surface area contributed by atoms with Gasteiger partial charge in [0.1, 0.15) is 5.82 Å². The average molecular weight is 277 g/mol. The molecule has 0 aliphatic heterocycles. The second-order valence-corrected chi connectivity index (χ2v) is 4.21. The summed E-state index contributed by atoms with van der Waals surface area (Å²) in [6.45, 7) is 2.52. The van der Waals surface area contributed by atoms with Crippen LogP contribution in [0.5, 0.6) is 0 Å². The van der Waals surface area contributed by atoms with Crippen molar-refractivity contribution in [3.8, 4) is 0 Å². The second-order valence-electron chi connectivity index (χ2n) is 3.35. The van der Waals surface area contributed by atoms with E-state index in [1.54, 1.807) is 13.2 Å². The fourth-order valence-corrected chi connectivity index (χ4v) is 1.59. The van der Waals surface area contributed by atoms with Gasteiger partial charge in [-0.3, -0.25) is 0 Å². The lowest BCUT2D eigenvalue weighted by Gasteiger charge is -2.16. The van der Waals surface area contributed by atoms with Crippen molar-refractivity contribution in [2.75, 3.05) is 24.8 Å². The van der Waals surface area contributed by atoms with Gasteiger partial charge in [-0.15, -0.1) is 0 Å². The fraction of sp³-hybridized carbons (Fsp3) is 0.400. The highest BCUT2D eigenvalue weighted by molar-refractivity contribution is 9.10. The molecule has 5 heteroatoms. The normalized spacial score (nSPS) is 12.5. The molecular weight excluding hydrogens is 263 g/mol. The SMILES string of the molecule is COCC(C)Nc1cc(Br)c(F)cc1N. The minimum atomic E-state index is -0.363. The predicted molar refractivity (Wildman–Crippen MR) is 63.5 cm³/mol. The number of anilines is 2. The Hall–Kier alpha value is -0.810. The third kappa shape index (κ3) is 3.35. The maximum absolute atomic E-state index is 13.1. The molecule has 0 saturated carbocycles. The summed E-state index contributed by atoms with van der Waals surface area (Å²) in [6.07, 6.45) is 0. The molecule has 84 valence electrons. The van der Waals surface area contributed by atoms with Crippen LogP contribution in [0.15, 0.2) is 16.6 Å². The fourth-order valence-electron chi connectivity index (χ4n) is 1.24. The largest absolute Gasteiger partial charge is 0.397 e. The van der Waals surface area contributed by atoms with Gasteiger partial charge in [0, 0.05) is 19.2 Å². The summed E-state index contributed by atoms with van der Waals surface area (Å²) in [7, 11) is 1.63. The molecule has 1 rings (SSSR count). The Kier molecular flexibility index (Phi) is 4.35. The molecule has 1 aromatic rings. The highest BCUT2D eigenvalue weighted by Gasteiger charge is 2.08. The molecular formula is C10H14BrFN2O. The van der Waals surface area contributed by atoms with Crippen molar-refractivity contribution >= 4 is 27.3 Å². The summed E-state index contributed by atoms with van der Waals surface area (Å²) in [5.41, 5.74) is 6.76. The van der Waals surface area contributed by atoms with Crippen LogP contribution >= 0.6 is 15.9 Å². The van der Waals surface area contributed by atoms with E-state index in [2.05, 4.69) is 21.2 Å². The Labute approximate surface area is 96.9 Å². The number of methoxy groups -OCH3 is 1. The first-order valence-electron chi connectivity index (χ1n) is 4.54. The summed E-state index contributed by atoms with van der Waals surface area (Å²) in [5.74, 6) is -0.363. The van der Waals surface area contributed by atoms with Gasteiger partial charge < -0.3 is 15.8 Å². The van der Waals surface area contributed by atoms with Crippen LogP contribution in [-0.2, 0) is 4.74 Å². The first-order chi connectivity index (χ1) is 7.04. The van der Waals surface area contributed by atoms with Crippen LogP contribution < -0.4 is 11.1 Å². The van der Waals surface area contributed by atoms with Crippen LogP contribution in [0.25, 0.3) is 0 Å². The van der Waals surface area contributed by atoms with E-state index in [1.807, 2.05) is 6.92 Å². The Balaban J connectivity index is 2.81. The van der Waals surface area contributed by atoms with Gasteiger partial charge in [-0.1, -0.05) is 0 Å². The number of ether oxygens (including phenoxy) is 1. The molecule has 3 N–H and O–H groups in total. The van der Waals surface area contributed by atoms with Crippen molar-refractivity contribution in [3.05, 3.63) is 22.4 Å². The van der Waals surface area contributed by atoms with Crippen molar-refractivity contribution in [2.45, 2.75) is 13.0 Å². The topological polar surface area (TPSA) is 47.3 Å². The van der Waals surface area contributed by atoms with Gasteiger partial charge in [0.05, 0.1) is 22.5 Å². The first-order valence-corrected chi connectivity index (χ1v) is 5.34. The average Bonchev–Trinajstić information content (AvgIpc) is 2.14. The van der Waals surface area contributed by atoms with Gasteiger partial charge in [0.25, 0.3) is 0 Å². The molecule has 0 aliphatic carbocycles. The lowest BCUT2D eigenvalue weighted by Crippen LogP contribution is -2.21. The highest BCUT2D eigenvalue weighted by atomic mass is 79.9. The maximum atomic E-state index is 13.1. The third-order valence-electron chi connectivity index (χ3n) is 1.91. The van der Waals surface area contributed by atoms with Crippen molar-refractivity contribution in [2.24, 2.45) is 0 Å². The number of nitrogens with two attached hydrogens (primary N) is 1. The summed E-state index contributed by atoms with van der Waals surface area (Å²) < 4.78 is 18.4. The van der Waals surface area contributed by atoms with E-state index >= 15 is 0 Å². The van der Waals surface area contributed by atoms with Crippen LogP contribution in [0, 0.1) is 5.82 Å². The van der Waals surface area contributed by atoms with E-state index in [9.17, 15) is 4.39 Å². The molecule has 1 aromatic carbocycles. The third-order valence-corrected chi connectivity index (χ3v) is 2.52. The molecule has 0 fully saturated rings. The van der Waals surface area contributed by atoms with Gasteiger partial charge in [-0.05, 0) is 28.9 Å². The van der Waals surface area contributed by atoms with E-state index in [4.69, 9.17) is 10.5 Å². The van der Waals surface area contributed by atoms with Gasteiger partial charge in [0.2, 0.25) is 0 Å².